The van der Waals surface area contributed by atoms with Crippen LogP contribution in [-0.2, 0) is 22.5 Å². The molecule has 0 bridgehead atoms. The molecule has 0 amide bonds. The van der Waals surface area contributed by atoms with E-state index in [1.165, 1.54) is 58.6 Å². The van der Waals surface area contributed by atoms with Crippen LogP contribution in [0.15, 0.2) is 93.1 Å². The third kappa shape index (κ3) is 19.6. The summed E-state index contributed by atoms with van der Waals surface area (Å²) in [5.41, 5.74) is 6.97. The standard InChI is InChI=1S/C7H7NO.C6H8N2O.C6H8N2.C6H6O2.C5H7N3OS.C5H11N/c1-6(9)7-3-2-4-8-5-7;1-6(9)4-8-3-2-7-5-8;1-5-3-2-4-6(7)8-5;1-5(7)6-3-2-4-8-6;9-10-6-3-5(8-10)7-4-1-2-4;1-5-3-2-4-6-5/h2-5H,1H3;2-3,5H,4H2,1H3;2-4H,1H3,(H2,7,8);2-4H,1H3;3-4H,1-2H2,(H,7,8);5-6H,2-4H2,1H3. The number of aromatic nitrogens is 4. The van der Waals surface area contributed by atoms with E-state index in [1.54, 1.807) is 72.9 Å². The van der Waals surface area contributed by atoms with Crippen LogP contribution in [0.1, 0.15) is 80.0 Å². The van der Waals surface area contributed by atoms with Gasteiger partial charge >= 0.3 is 0 Å². The van der Waals surface area contributed by atoms with Crippen molar-refractivity contribution in [1.82, 2.24) is 30.2 Å². The first-order valence-corrected chi connectivity index (χ1v) is 17.1. The second kappa shape index (κ2) is 23.2. The van der Waals surface area contributed by atoms with E-state index in [9.17, 15) is 18.6 Å². The molecule has 14 nitrogen and oxygen atoms in total. The minimum absolute atomic E-state index is 0.0324. The number of aryl methyl sites for hydroxylation is 1. The Morgan fingerprint density at radius 1 is 1.02 bits per heavy atom. The zero-order valence-electron chi connectivity index (χ0n) is 29.2. The molecule has 0 radical (unpaired) electrons. The summed E-state index contributed by atoms with van der Waals surface area (Å²) in [5.74, 6) is 1.85. The normalized spacial score (nSPS) is 16.5. The molecular formula is C35H47N9O5S. The molecule has 2 fully saturated rings. The number of hydrogen-bond acceptors (Lipinski definition) is 11. The number of furan rings is 1. The molecule has 4 N–H and O–H groups in total. The number of Topliss-reactive ketones (excluding diaryl/α,β-unsaturated/α-hetero) is 3. The van der Waals surface area contributed by atoms with E-state index < -0.39 is 11.2 Å². The predicted molar refractivity (Wildman–Crippen MR) is 196 cm³/mol. The Kier molecular flexibility index (Phi) is 19.1. The van der Waals surface area contributed by atoms with Crippen molar-refractivity contribution in [1.29, 1.82) is 0 Å². The summed E-state index contributed by atoms with van der Waals surface area (Å²) in [7, 11) is 0. The monoisotopic (exact) mass is 705 g/mol. The molecule has 15 heteroatoms. The van der Waals surface area contributed by atoms with Gasteiger partial charge in [0.15, 0.2) is 23.2 Å². The number of carbonyl (C=O) groups excluding carboxylic acids is 3. The molecular weight excluding hydrogens is 659 g/mol. The molecule has 1 saturated carbocycles. The molecule has 1 saturated heterocycles. The lowest BCUT2D eigenvalue weighted by molar-refractivity contribution is -0.117. The number of imidazole rings is 1. The van der Waals surface area contributed by atoms with Crippen LogP contribution in [0.4, 0.5) is 5.82 Å². The highest BCUT2D eigenvalue weighted by Crippen LogP contribution is 2.18. The Bertz CT molecular complexity index is 1630. The summed E-state index contributed by atoms with van der Waals surface area (Å²) >= 11 is -1.35. The summed E-state index contributed by atoms with van der Waals surface area (Å²) in [6, 6.07) is 13.7. The van der Waals surface area contributed by atoms with E-state index in [0.717, 1.165) is 11.7 Å². The molecule has 268 valence electrons. The maximum atomic E-state index is 10.6. The molecule has 2 aliphatic heterocycles. The van der Waals surface area contributed by atoms with E-state index in [4.69, 9.17) is 10.2 Å². The van der Waals surface area contributed by atoms with Gasteiger partial charge < -0.3 is 25.4 Å². The minimum Gasteiger partial charge on any atom is -0.461 e. The molecule has 50 heavy (non-hydrogen) atoms. The summed E-state index contributed by atoms with van der Waals surface area (Å²) in [4.78, 5) is 43.0. The molecule has 0 spiro atoms. The Morgan fingerprint density at radius 3 is 2.16 bits per heavy atom. The summed E-state index contributed by atoms with van der Waals surface area (Å²) in [6.45, 7) is 10.4. The number of nitrogen functional groups attached to an aromatic ring is 1. The smallest absolute Gasteiger partial charge is 0.267 e. The number of amidine groups is 1. The second-order valence-corrected chi connectivity index (χ2v) is 12.2. The van der Waals surface area contributed by atoms with Gasteiger partial charge in [-0.25, -0.2) is 14.2 Å². The fraction of sp³-hybridized carbons (Fsp3) is 0.371. The topological polar surface area (TPSA) is 200 Å². The van der Waals surface area contributed by atoms with Crippen molar-refractivity contribution < 1.29 is 23.0 Å². The number of nitrogens with two attached hydrogens (primary N) is 1. The van der Waals surface area contributed by atoms with Gasteiger partial charge in [-0.05, 0) is 96.3 Å². The van der Waals surface area contributed by atoms with Crippen molar-refractivity contribution in [2.24, 2.45) is 8.80 Å². The van der Waals surface area contributed by atoms with E-state index in [2.05, 4.69) is 41.3 Å². The highest BCUT2D eigenvalue weighted by Gasteiger charge is 2.23. The van der Waals surface area contributed by atoms with E-state index in [0.29, 0.717) is 35.6 Å². The fourth-order valence-corrected chi connectivity index (χ4v) is 4.34. The van der Waals surface area contributed by atoms with Gasteiger partial charge in [0, 0.05) is 55.1 Å². The van der Waals surface area contributed by atoms with Crippen LogP contribution >= 0.6 is 0 Å². The molecule has 2 unspecified atom stereocenters. The molecule has 6 heterocycles. The lowest BCUT2D eigenvalue weighted by atomic mass is 10.2. The third-order valence-corrected chi connectivity index (χ3v) is 7.13. The van der Waals surface area contributed by atoms with Crippen LogP contribution in [0.25, 0.3) is 0 Å². The van der Waals surface area contributed by atoms with Crippen LogP contribution in [0, 0.1) is 6.92 Å². The van der Waals surface area contributed by atoms with Crippen LogP contribution in [0.5, 0.6) is 0 Å². The highest BCUT2D eigenvalue weighted by molar-refractivity contribution is 7.83. The molecule has 1 aliphatic carbocycles. The first-order valence-electron chi connectivity index (χ1n) is 16.1. The number of pyridine rings is 2. The van der Waals surface area contributed by atoms with E-state index >= 15 is 0 Å². The average Bonchev–Trinajstić information content (AvgIpc) is 3.60. The maximum absolute atomic E-state index is 10.6. The van der Waals surface area contributed by atoms with Gasteiger partial charge in [0.2, 0.25) is 0 Å². The van der Waals surface area contributed by atoms with Gasteiger partial charge in [-0.3, -0.25) is 19.4 Å². The molecule has 3 aliphatic rings. The van der Waals surface area contributed by atoms with Gasteiger partial charge in [0.1, 0.15) is 11.6 Å². The second-order valence-electron chi connectivity index (χ2n) is 11.3. The number of rotatable bonds is 5. The Balaban J connectivity index is 0.000000209. The lowest BCUT2D eigenvalue weighted by Gasteiger charge is -1.95. The van der Waals surface area contributed by atoms with Crippen molar-refractivity contribution in [3.63, 3.8) is 0 Å². The van der Waals surface area contributed by atoms with Crippen molar-refractivity contribution in [2.75, 3.05) is 12.3 Å². The quantitative estimate of drug-likeness (QED) is 0.242. The van der Waals surface area contributed by atoms with Crippen molar-refractivity contribution >= 4 is 46.4 Å². The van der Waals surface area contributed by atoms with Crippen LogP contribution in [-0.4, -0.2) is 71.8 Å². The van der Waals surface area contributed by atoms with Crippen LogP contribution in [0.3, 0.4) is 0 Å². The zero-order chi connectivity index (χ0) is 36.7. The number of hydrogen-bond donors (Lipinski definition) is 3. The first kappa shape index (κ1) is 41.0. The Hall–Kier alpha value is -5.15. The number of nitrogens with one attached hydrogen (secondary N) is 2. The fourth-order valence-electron chi connectivity index (χ4n) is 3.84. The van der Waals surface area contributed by atoms with Crippen molar-refractivity contribution in [2.45, 2.75) is 78.9 Å². The average molecular weight is 706 g/mol. The van der Waals surface area contributed by atoms with Gasteiger partial charge in [0.25, 0.3) is 11.2 Å². The van der Waals surface area contributed by atoms with Crippen LogP contribution < -0.4 is 16.4 Å². The minimum atomic E-state index is -1.35. The summed E-state index contributed by atoms with van der Waals surface area (Å²) in [5, 5.41) is 6.41. The molecule has 0 aromatic carbocycles. The Morgan fingerprint density at radius 2 is 1.80 bits per heavy atom. The summed E-state index contributed by atoms with van der Waals surface area (Å²) < 4.78 is 24.3. The van der Waals surface area contributed by atoms with Crippen LogP contribution in [0.2, 0.25) is 0 Å². The van der Waals surface area contributed by atoms with Crippen molar-refractivity contribution in [3.05, 3.63) is 96.9 Å². The molecule has 7 rings (SSSR count). The lowest BCUT2D eigenvalue weighted by Crippen LogP contribution is -2.25. The maximum Gasteiger partial charge on any atom is 0.267 e. The molecule has 4 aromatic rings. The SMILES string of the molecule is CC(=O)Cn1ccnc1.CC(=O)c1cccnc1.CC(=O)c1ccco1.CC1CCCN1.Cc1cccc(N)n1.O=S1N=CC(NC2CC2)=N1. The predicted octanol–water partition coefficient (Wildman–Crippen LogP) is 4.77. The van der Waals surface area contributed by atoms with E-state index in [1.807, 2.05) is 19.1 Å². The Labute approximate surface area is 295 Å². The highest BCUT2D eigenvalue weighted by atomic mass is 32.2. The first-order chi connectivity index (χ1) is 23.9. The van der Waals surface area contributed by atoms with Gasteiger partial charge in [0.05, 0.1) is 25.3 Å². The zero-order valence-corrected chi connectivity index (χ0v) is 30.0. The number of carbonyl (C=O) groups is 3. The number of ketones is 3. The molecule has 2 atom stereocenters. The van der Waals surface area contributed by atoms with Gasteiger partial charge in [-0.2, -0.15) is 4.40 Å². The largest absolute Gasteiger partial charge is 0.461 e. The third-order valence-electron chi connectivity index (χ3n) is 6.49. The van der Waals surface area contributed by atoms with E-state index in [-0.39, 0.29) is 17.3 Å². The number of nitrogens with zero attached hydrogens (tertiary/aromatic N) is 6. The number of anilines is 1. The van der Waals surface area contributed by atoms with Gasteiger partial charge in [-0.15, -0.1) is 4.40 Å². The van der Waals surface area contributed by atoms with Gasteiger partial charge in [-0.1, -0.05) is 6.07 Å². The van der Waals surface area contributed by atoms with Crippen molar-refractivity contribution in [3.8, 4) is 0 Å². The summed E-state index contributed by atoms with van der Waals surface area (Å²) in [6.07, 6.45) is 16.4. The molecule has 4 aromatic heterocycles.